The van der Waals surface area contributed by atoms with Crippen LogP contribution in [0, 0.1) is 0 Å². The van der Waals surface area contributed by atoms with Gasteiger partial charge in [-0.1, -0.05) is 371 Å². The van der Waals surface area contributed by atoms with Gasteiger partial charge in [-0.05, 0) is 83.5 Å². The molecule has 0 spiro atoms. The van der Waals surface area contributed by atoms with E-state index in [9.17, 15) is 19.8 Å². The van der Waals surface area contributed by atoms with Crippen molar-refractivity contribution >= 4 is 11.9 Å². The number of rotatable bonds is 73. The van der Waals surface area contributed by atoms with Gasteiger partial charge in [0.05, 0.1) is 25.4 Å². The van der Waals surface area contributed by atoms with Gasteiger partial charge in [0.1, 0.15) is 0 Å². The summed E-state index contributed by atoms with van der Waals surface area (Å²) in [6.45, 7) is 4.94. The Kier molecular flexibility index (Phi) is 72.9. The standard InChI is InChI=1S/C79H151NO5/c1-3-5-7-9-11-13-15-17-19-21-37-40-43-47-51-55-59-63-67-71-77(82)76(75-81)80-78(83)72-68-64-60-56-52-48-44-41-38-35-33-31-29-27-25-23-22-24-26-28-30-32-34-36-39-42-46-50-54-58-62-66-70-74-85-79(84)73-69-65-61-57-53-49-45-20-18-16-14-12-10-8-6-4-2/h20,26,28,45,67,71,76-77,81-82H,3-19,21-25,27,29-44,46-66,68-70,72-75H2,1-2H3,(H,80,83)/b28-26-,45-20-,71-67+. The van der Waals surface area contributed by atoms with Crippen molar-refractivity contribution in [2.75, 3.05) is 13.2 Å². The van der Waals surface area contributed by atoms with Crippen LogP contribution in [0.2, 0.25) is 0 Å². The molecule has 2 atom stereocenters. The third kappa shape index (κ3) is 71.0. The van der Waals surface area contributed by atoms with Gasteiger partial charge in [0.25, 0.3) is 0 Å². The third-order valence-corrected chi connectivity index (χ3v) is 18.1. The lowest BCUT2D eigenvalue weighted by Gasteiger charge is -2.20. The molecule has 6 nitrogen and oxygen atoms in total. The molecule has 1 amide bonds. The van der Waals surface area contributed by atoms with E-state index in [0.29, 0.717) is 19.4 Å². The van der Waals surface area contributed by atoms with Crippen LogP contribution in [0.25, 0.3) is 0 Å². The van der Waals surface area contributed by atoms with Crippen LogP contribution in [0.15, 0.2) is 36.5 Å². The van der Waals surface area contributed by atoms with Crippen LogP contribution in [0.3, 0.4) is 0 Å². The van der Waals surface area contributed by atoms with Crippen molar-refractivity contribution < 1.29 is 24.5 Å². The van der Waals surface area contributed by atoms with E-state index in [1.807, 2.05) is 6.08 Å². The number of aliphatic hydroxyl groups is 2. The zero-order chi connectivity index (χ0) is 61.3. The fourth-order valence-corrected chi connectivity index (χ4v) is 12.2. The van der Waals surface area contributed by atoms with Gasteiger partial charge in [-0.3, -0.25) is 9.59 Å². The van der Waals surface area contributed by atoms with E-state index in [4.69, 9.17) is 4.74 Å². The minimum absolute atomic E-state index is 0.0117. The largest absolute Gasteiger partial charge is 0.466 e. The summed E-state index contributed by atoms with van der Waals surface area (Å²) in [5.74, 6) is -0.0494. The van der Waals surface area contributed by atoms with Gasteiger partial charge in [0, 0.05) is 12.8 Å². The number of nitrogens with one attached hydrogen (secondary N) is 1. The Hall–Kier alpha value is -1.92. The van der Waals surface area contributed by atoms with E-state index in [1.54, 1.807) is 6.08 Å². The monoisotopic (exact) mass is 1190 g/mol. The molecule has 502 valence electrons. The Morgan fingerprint density at radius 3 is 0.835 bits per heavy atom. The molecule has 0 radical (unpaired) electrons. The van der Waals surface area contributed by atoms with Gasteiger partial charge < -0.3 is 20.3 Å². The molecule has 0 saturated heterocycles. The second-order valence-electron chi connectivity index (χ2n) is 26.7. The number of unbranched alkanes of at least 4 members (excludes halogenated alkanes) is 58. The fourth-order valence-electron chi connectivity index (χ4n) is 12.2. The average Bonchev–Trinajstić information content (AvgIpc) is 3.51. The number of hydrogen-bond acceptors (Lipinski definition) is 5. The van der Waals surface area contributed by atoms with Crippen LogP contribution in [-0.4, -0.2) is 47.4 Å². The van der Waals surface area contributed by atoms with E-state index in [-0.39, 0.29) is 18.5 Å². The van der Waals surface area contributed by atoms with Crippen molar-refractivity contribution in [2.24, 2.45) is 0 Å². The van der Waals surface area contributed by atoms with Crippen molar-refractivity contribution in [3.63, 3.8) is 0 Å². The van der Waals surface area contributed by atoms with Crippen LogP contribution >= 0.6 is 0 Å². The van der Waals surface area contributed by atoms with E-state index in [2.05, 4.69) is 43.5 Å². The summed E-state index contributed by atoms with van der Waals surface area (Å²) in [7, 11) is 0. The third-order valence-electron chi connectivity index (χ3n) is 18.1. The fraction of sp³-hybridized carbons (Fsp3) is 0.899. The Morgan fingerprint density at radius 2 is 0.553 bits per heavy atom. The van der Waals surface area contributed by atoms with Gasteiger partial charge in [0.2, 0.25) is 5.91 Å². The van der Waals surface area contributed by atoms with Crippen molar-refractivity contribution in [2.45, 2.75) is 443 Å². The highest BCUT2D eigenvalue weighted by molar-refractivity contribution is 5.76. The summed E-state index contributed by atoms with van der Waals surface area (Å²) in [5, 5.41) is 23.3. The highest BCUT2D eigenvalue weighted by atomic mass is 16.5. The lowest BCUT2D eigenvalue weighted by molar-refractivity contribution is -0.143. The van der Waals surface area contributed by atoms with Crippen LogP contribution in [0.1, 0.15) is 431 Å². The second-order valence-corrected chi connectivity index (χ2v) is 26.7. The molecule has 2 unspecified atom stereocenters. The predicted molar refractivity (Wildman–Crippen MR) is 375 cm³/mol. The Labute approximate surface area is 532 Å². The molecule has 6 heteroatoms. The molecule has 0 bridgehead atoms. The maximum absolute atomic E-state index is 12.5. The summed E-state index contributed by atoms with van der Waals surface area (Å²) >= 11 is 0. The number of carbonyl (C=O) groups excluding carboxylic acids is 2. The first-order valence-electron chi connectivity index (χ1n) is 38.8. The summed E-state index contributed by atoms with van der Waals surface area (Å²) in [6.07, 6.45) is 96.9. The zero-order valence-electron chi connectivity index (χ0n) is 57.6. The number of amides is 1. The highest BCUT2D eigenvalue weighted by Gasteiger charge is 2.18. The normalized spacial score (nSPS) is 12.7. The molecule has 0 aromatic carbocycles. The maximum atomic E-state index is 12.5. The summed E-state index contributed by atoms with van der Waals surface area (Å²) in [6, 6.07) is -0.626. The molecule has 0 fully saturated rings. The van der Waals surface area contributed by atoms with Gasteiger partial charge in [0.15, 0.2) is 0 Å². The molecular formula is C79H151NO5. The van der Waals surface area contributed by atoms with Crippen molar-refractivity contribution in [3.8, 4) is 0 Å². The first kappa shape index (κ1) is 83.1. The van der Waals surface area contributed by atoms with Crippen LogP contribution < -0.4 is 5.32 Å². The molecule has 0 aliphatic carbocycles. The summed E-state index contributed by atoms with van der Waals surface area (Å²) in [4.78, 5) is 24.6. The molecule has 0 aromatic heterocycles. The zero-order valence-corrected chi connectivity index (χ0v) is 57.6. The smallest absolute Gasteiger partial charge is 0.305 e. The lowest BCUT2D eigenvalue weighted by Crippen LogP contribution is -2.45. The second kappa shape index (κ2) is 74.5. The van der Waals surface area contributed by atoms with Gasteiger partial charge in [-0.2, -0.15) is 0 Å². The van der Waals surface area contributed by atoms with E-state index in [0.717, 1.165) is 44.9 Å². The SMILES string of the molecule is CCCCCCCCC/C=C\CCCCCCCC(=O)OCCCCCCCCCCCCCC/C=C\CCCCCCCCCCCCCCCCCCCC(=O)NC(CO)C(O)/C=C/CCCCCCCCCCCCCCCCCCC. The number of aliphatic hydroxyl groups excluding tert-OH is 2. The number of allylic oxidation sites excluding steroid dienone is 5. The van der Waals surface area contributed by atoms with E-state index < -0.39 is 12.1 Å². The molecule has 85 heavy (non-hydrogen) atoms. The van der Waals surface area contributed by atoms with Crippen molar-refractivity contribution in [1.82, 2.24) is 5.32 Å². The van der Waals surface area contributed by atoms with E-state index >= 15 is 0 Å². The molecule has 0 aliphatic heterocycles. The lowest BCUT2D eigenvalue weighted by atomic mass is 10.0. The van der Waals surface area contributed by atoms with Gasteiger partial charge in [-0.25, -0.2) is 0 Å². The topological polar surface area (TPSA) is 95.9 Å². The molecule has 0 aromatic rings. The quantitative estimate of drug-likeness (QED) is 0.0320. The van der Waals surface area contributed by atoms with Crippen LogP contribution in [0.4, 0.5) is 0 Å². The number of carbonyl (C=O) groups is 2. The first-order valence-corrected chi connectivity index (χ1v) is 38.8. The Bertz CT molecular complexity index is 1380. The summed E-state index contributed by atoms with van der Waals surface area (Å²) < 4.78 is 5.50. The first-order chi connectivity index (χ1) is 42.0. The Morgan fingerprint density at radius 1 is 0.318 bits per heavy atom. The molecule has 0 rings (SSSR count). The van der Waals surface area contributed by atoms with Crippen molar-refractivity contribution in [3.05, 3.63) is 36.5 Å². The molecule has 0 saturated carbocycles. The molecule has 0 heterocycles. The van der Waals surface area contributed by atoms with Gasteiger partial charge in [-0.15, -0.1) is 0 Å². The number of esters is 1. The maximum Gasteiger partial charge on any atom is 0.305 e. The van der Waals surface area contributed by atoms with Crippen LogP contribution in [-0.2, 0) is 14.3 Å². The van der Waals surface area contributed by atoms with Crippen LogP contribution in [0.5, 0.6) is 0 Å². The average molecular weight is 1200 g/mol. The van der Waals surface area contributed by atoms with Crippen molar-refractivity contribution in [1.29, 1.82) is 0 Å². The molecule has 3 N–H and O–H groups in total. The number of hydrogen-bond donors (Lipinski definition) is 3. The van der Waals surface area contributed by atoms with Gasteiger partial charge >= 0.3 is 5.97 Å². The Balaban J connectivity index is 3.37. The predicted octanol–water partition coefficient (Wildman–Crippen LogP) is 25.4. The van der Waals surface area contributed by atoms with E-state index in [1.165, 1.54) is 360 Å². The molecular weight excluding hydrogens is 1040 g/mol. The minimum atomic E-state index is -0.843. The highest BCUT2D eigenvalue weighted by Crippen LogP contribution is 2.19. The number of ether oxygens (including phenoxy) is 1. The minimum Gasteiger partial charge on any atom is -0.466 e. The summed E-state index contributed by atoms with van der Waals surface area (Å²) in [5.41, 5.74) is 0. The molecule has 0 aliphatic rings.